The summed E-state index contributed by atoms with van der Waals surface area (Å²) in [6, 6.07) is 7.73. The number of amides is 1. The van der Waals surface area contributed by atoms with Gasteiger partial charge in [0.1, 0.15) is 0 Å². The summed E-state index contributed by atoms with van der Waals surface area (Å²) in [5.41, 5.74) is 2.82. The van der Waals surface area contributed by atoms with Gasteiger partial charge in [-0.2, -0.15) is 0 Å². The van der Waals surface area contributed by atoms with Gasteiger partial charge in [0.05, 0.1) is 17.3 Å². The third-order valence-corrected chi connectivity index (χ3v) is 5.89. The van der Waals surface area contributed by atoms with Gasteiger partial charge in [-0.15, -0.1) is 11.3 Å². The van der Waals surface area contributed by atoms with Gasteiger partial charge in [0.15, 0.2) is 0 Å². The van der Waals surface area contributed by atoms with Gasteiger partial charge in [-0.05, 0) is 38.3 Å². The first-order valence-electron chi connectivity index (χ1n) is 8.40. The molecule has 1 aliphatic heterocycles. The quantitative estimate of drug-likeness (QED) is 0.844. The van der Waals surface area contributed by atoms with Crippen molar-refractivity contribution in [2.24, 2.45) is 0 Å². The van der Waals surface area contributed by atoms with Gasteiger partial charge in [-0.3, -0.25) is 4.79 Å². The third kappa shape index (κ3) is 3.52. The van der Waals surface area contributed by atoms with Crippen LogP contribution in [0.1, 0.15) is 50.3 Å². The number of methoxy groups -OCH3 is 1. The number of carbonyl (C=O) groups is 1. The Labute approximate surface area is 147 Å². The van der Waals surface area contributed by atoms with E-state index in [1.165, 1.54) is 9.88 Å². The van der Waals surface area contributed by atoms with E-state index in [0.717, 1.165) is 42.8 Å². The van der Waals surface area contributed by atoms with E-state index in [0.29, 0.717) is 12.5 Å². The van der Waals surface area contributed by atoms with Crippen molar-refractivity contribution in [3.63, 3.8) is 0 Å². The van der Waals surface area contributed by atoms with Crippen molar-refractivity contribution in [1.29, 1.82) is 0 Å². The summed E-state index contributed by atoms with van der Waals surface area (Å²) in [4.78, 5) is 21.0. The molecule has 0 radical (unpaired) electrons. The molecule has 0 spiro atoms. The molecule has 0 aliphatic carbocycles. The van der Waals surface area contributed by atoms with Gasteiger partial charge in [-0.25, -0.2) is 4.98 Å². The van der Waals surface area contributed by atoms with Crippen molar-refractivity contribution in [3.8, 4) is 0 Å². The maximum Gasteiger partial charge on any atom is 0.254 e. The number of hydrogen-bond donors (Lipinski definition) is 0. The molecule has 0 saturated carbocycles. The highest BCUT2D eigenvalue weighted by molar-refractivity contribution is 7.11. The number of nitrogens with zero attached hydrogens (tertiary/aromatic N) is 2. The number of aryl methyl sites for hydroxylation is 2. The maximum atomic E-state index is 13.0. The molecule has 24 heavy (non-hydrogen) atoms. The molecule has 3 rings (SSSR count). The van der Waals surface area contributed by atoms with Crippen molar-refractivity contribution in [2.45, 2.75) is 39.2 Å². The van der Waals surface area contributed by atoms with Crippen molar-refractivity contribution in [2.75, 3.05) is 20.2 Å². The Hall–Kier alpha value is -1.72. The van der Waals surface area contributed by atoms with Crippen LogP contribution in [0.15, 0.2) is 24.3 Å². The molecule has 128 valence electrons. The zero-order valence-electron chi connectivity index (χ0n) is 14.5. The summed E-state index contributed by atoms with van der Waals surface area (Å²) >= 11 is 1.77. The summed E-state index contributed by atoms with van der Waals surface area (Å²) in [6.07, 6.45) is 2.14. The fourth-order valence-electron chi connectivity index (χ4n) is 3.22. The second-order valence-corrected chi connectivity index (χ2v) is 7.61. The van der Waals surface area contributed by atoms with Crippen LogP contribution < -0.4 is 0 Å². The highest BCUT2D eigenvalue weighted by Gasteiger charge is 2.28. The second kappa shape index (κ2) is 7.45. The van der Waals surface area contributed by atoms with Crippen LogP contribution in [0.3, 0.4) is 0 Å². The van der Waals surface area contributed by atoms with Crippen LogP contribution in [0, 0.1) is 13.8 Å². The van der Waals surface area contributed by atoms with Gasteiger partial charge in [-0.1, -0.05) is 18.2 Å². The van der Waals surface area contributed by atoms with Crippen LogP contribution in [0.5, 0.6) is 0 Å². The predicted molar refractivity (Wildman–Crippen MR) is 96.6 cm³/mol. The summed E-state index contributed by atoms with van der Waals surface area (Å²) in [5, 5.41) is 1.17. The number of rotatable bonds is 4. The van der Waals surface area contributed by atoms with Crippen LogP contribution >= 0.6 is 11.3 Å². The van der Waals surface area contributed by atoms with Gasteiger partial charge in [0.2, 0.25) is 0 Å². The first-order chi connectivity index (χ1) is 11.6. The average molecular weight is 344 g/mol. The number of likely N-dealkylation sites (tertiary alicyclic amines) is 1. The molecule has 1 unspecified atom stereocenters. The highest BCUT2D eigenvalue weighted by Crippen LogP contribution is 2.32. The van der Waals surface area contributed by atoms with E-state index in [1.54, 1.807) is 18.4 Å². The molecule has 5 heteroatoms. The lowest BCUT2D eigenvalue weighted by Crippen LogP contribution is -2.39. The Morgan fingerprint density at radius 3 is 2.88 bits per heavy atom. The van der Waals surface area contributed by atoms with Crippen LogP contribution in [0.25, 0.3) is 0 Å². The number of benzene rings is 1. The molecule has 1 aromatic heterocycles. The lowest BCUT2D eigenvalue weighted by atomic mass is 9.97. The highest BCUT2D eigenvalue weighted by atomic mass is 32.1. The third-order valence-electron chi connectivity index (χ3n) is 4.65. The van der Waals surface area contributed by atoms with E-state index in [2.05, 4.69) is 13.8 Å². The number of hydrogen-bond acceptors (Lipinski definition) is 4. The van der Waals surface area contributed by atoms with Crippen LogP contribution in [0.2, 0.25) is 0 Å². The molecule has 1 atom stereocenters. The Morgan fingerprint density at radius 1 is 1.38 bits per heavy atom. The van der Waals surface area contributed by atoms with Crippen LogP contribution in [0.4, 0.5) is 0 Å². The van der Waals surface area contributed by atoms with Crippen molar-refractivity contribution in [1.82, 2.24) is 9.88 Å². The molecule has 1 amide bonds. The number of carbonyl (C=O) groups excluding carboxylic acids is 1. The van der Waals surface area contributed by atoms with Crippen LogP contribution in [-0.4, -0.2) is 36.0 Å². The van der Waals surface area contributed by atoms with E-state index in [9.17, 15) is 4.79 Å². The Kier molecular flexibility index (Phi) is 5.31. The summed E-state index contributed by atoms with van der Waals surface area (Å²) in [7, 11) is 1.66. The molecule has 0 N–H and O–H groups in total. The van der Waals surface area contributed by atoms with Gasteiger partial charge < -0.3 is 9.64 Å². The molecular weight excluding hydrogens is 320 g/mol. The SMILES string of the molecule is COCc1ccccc1C(=O)N1CCCC(c2nc(C)c(C)s2)C1. The molecule has 2 aromatic rings. The first kappa shape index (κ1) is 17.1. The molecule has 2 heterocycles. The second-order valence-electron chi connectivity index (χ2n) is 6.37. The van der Waals surface area contributed by atoms with Crippen molar-refractivity contribution < 1.29 is 9.53 Å². The average Bonchev–Trinajstić information content (AvgIpc) is 2.94. The van der Waals surface area contributed by atoms with E-state index in [4.69, 9.17) is 9.72 Å². The molecular formula is C19H24N2O2S. The molecule has 1 aromatic carbocycles. The monoisotopic (exact) mass is 344 g/mol. The number of piperidine rings is 1. The predicted octanol–water partition coefficient (Wildman–Crippen LogP) is 3.93. The largest absolute Gasteiger partial charge is 0.380 e. The van der Waals surface area contributed by atoms with Crippen molar-refractivity contribution >= 4 is 17.2 Å². The van der Waals surface area contributed by atoms with E-state index < -0.39 is 0 Å². The molecule has 1 fully saturated rings. The number of ether oxygens (including phenoxy) is 1. The van der Waals surface area contributed by atoms with E-state index in [1.807, 2.05) is 29.2 Å². The minimum atomic E-state index is 0.109. The van der Waals surface area contributed by atoms with Gasteiger partial charge >= 0.3 is 0 Å². The summed E-state index contributed by atoms with van der Waals surface area (Å²) in [5.74, 6) is 0.465. The first-order valence-corrected chi connectivity index (χ1v) is 9.22. The summed E-state index contributed by atoms with van der Waals surface area (Å²) in [6.45, 7) is 6.21. The van der Waals surface area contributed by atoms with Gasteiger partial charge in [0, 0.05) is 36.6 Å². The lowest BCUT2D eigenvalue weighted by molar-refractivity contribution is 0.0702. The van der Waals surface area contributed by atoms with Gasteiger partial charge in [0.25, 0.3) is 5.91 Å². The Balaban J connectivity index is 1.78. The number of aromatic nitrogens is 1. The van der Waals surface area contributed by atoms with E-state index >= 15 is 0 Å². The van der Waals surface area contributed by atoms with Crippen LogP contribution in [-0.2, 0) is 11.3 Å². The minimum Gasteiger partial charge on any atom is -0.380 e. The topological polar surface area (TPSA) is 42.4 Å². The molecule has 4 nitrogen and oxygen atoms in total. The maximum absolute atomic E-state index is 13.0. The molecule has 1 saturated heterocycles. The Bertz CT molecular complexity index is 706. The lowest BCUT2D eigenvalue weighted by Gasteiger charge is -2.32. The summed E-state index contributed by atoms with van der Waals surface area (Å²) < 4.78 is 5.23. The Morgan fingerprint density at radius 2 is 2.17 bits per heavy atom. The number of thiazole rings is 1. The zero-order chi connectivity index (χ0) is 17.1. The molecule has 0 bridgehead atoms. The van der Waals surface area contributed by atoms with E-state index in [-0.39, 0.29) is 5.91 Å². The molecule has 1 aliphatic rings. The zero-order valence-corrected chi connectivity index (χ0v) is 15.4. The smallest absolute Gasteiger partial charge is 0.254 e. The standard InChI is InChI=1S/C19H24N2O2S/c1-13-14(2)24-18(20-13)15-8-6-10-21(11-15)19(22)17-9-5-4-7-16(17)12-23-3/h4-5,7,9,15H,6,8,10-12H2,1-3H3. The normalized spacial score (nSPS) is 18.0. The fraction of sp³-hybridized carbons (Fsp3) is 0.474. The fourth-order valence-corrected chi connectivity index (χ4v) is 4.26. The minimum absolute atomic E-state index is 0.109. The van der Waals surface area contributed by atoms with Crippen molar-refractivity contribution in [3.05, 3.63) is 51.0 Å².